The van der Waals surface area contributed by atoms with Crippen molar-refractivity contribution < 1.29 is 22.7 Å². The SMILES string of the molecule is O=C(c1cnns1)N1C[C@@H](c2cccc(C(F)(F)F)c2)OCC12CCCC2. The number of halogens is 3. The third-order valence-electron chi connectivity index (χ3n) is 5.41. The second kappa shape index (κ2) is 6.87. The van der Waals surface area contributed by atoms with Gasteiger partial charge in [-0.3, -0.25) is 4.79 Å². The first kappa shape index (κ1) is 18.4. The molecule has 1 amide bonds. The molecule has 1 aliphatic heterocycles. The number of aromatic nitrogens is 2. The molecule has 5 nitrogen and oxygen atoms in total. The number of amides is 1. The average Bonchev–Trinajstić information content (AvgIpc) is 3.34. The normalized spacial score (nSPS) is 22.3. The summed E-state index contributed by atoms with van der Waals surface area (Å²) in [6.45, 7) is 0.546. The van der Waals surface area contributed by atoms with Crippen LogP contribution in [0.4, 0.5) is 13.2 Å². The van der Waals surface area contributed by atoms with Crippen LogP contribution in [0.1, 0.15) is 52.6 Å². The van der Waals surface area contributed by atoms with E-state index in [0.29, 0.717) is 17.0 Å². The highest BCUT2D eigenvalue weighted by molar-refractivity contribution is 7.07. The lowest BCUT2D eigenvalue weighted by Gasteiger charge is -2.47. The maximum Gasteiger partial charge on any atom is 0.416 e. The number of hydrogen-bond acceptors (Lipinski definition) is 5. The first-order valence-corrected chi connectivity index (χ1v) is 9.54. The number of carbonyl (C=O) groups is 1. The second-order valence-corrected chi connectivity index (χ2v) is 7.84. The van der Waals surface area contributed by atoms with E-state index in [1.807, 2.05) is 0 Å². The van der Waals surface area contributed by atoms with Gasteiger partial charge in [0.25, 0.3) is 5.91 Å². The summed E-state index contributed by atoms with van der Waals surface area (Å²) in [5, 5.41) is 3.73. The zero-order chi connectivity index (χ0) is 19.1. The Bertz CT molecular complexity index is 820. The van der Waals surface area contributed by atoms with Crippen LogP contribution in [0.25, 0.3) is 0 Å². The van der Waals surface area contributed by atoms with E-state index in [9.17, 15) is 18.0 Å². The van der Waals surface area contributed by atoms with Crippen molar-refractivity contribution in [1.29, 1.82) is 0 Å². The zero-order valence-electron chi connectivity index (χ0n) is 14.4. The Hall–Kier alpha value is -2.00. The molecule has 1 saturated heterocycles. The summed E-state index contributed by atoms with van der Waals surface area (Å²) in [6.07, 6.45) is 0.0971. The molecule has 0 N–H and O–H groups in total. The molecule has 1 aromatic carbocycles. The van der Waals surface area contributed by atoms with Crippen LogP contribution in [-0.2, 0) is 10.9 Å². The van der Waals surface area contributed by atoms with Crippen LogP contribution in [0.15, 0.2) is 30.5 Å². The van der Waals surface area contributed by atoms with E-state index >= 15 is 0 Å². The fraction of sp³-hybridized carbons (Fsp3) is 0.500. The number of hydrogen-bond donors (Lipinski definition) is 0. The molecule has 27 heavy (non-hydrogen) atoms. The number of nitrogens with zero attached hydrogens (tertiary/aromatic N) is 3. The molecule has 2 fully saturated rings. The van der Waals surface area contributed by atoms with Crippen molar-refractivity contribution >= 4 is 17.4 Å². The van der Waals surface area contributed by atoms with E-state index in [1.165, 1.54) is 12.3 Å². The van der Waals surface area contributed by atoms with Crippen LogP contribution in [-0.4, -0.2) is 39.1 Å². The lowest BCUT2D eigenvalue weighted by molar-refractivity contribution is -0.138. The van der Waals surface area contributed by atoms with Crippen LogP contribution in [0, 0.1) is 0 Å². The summed E-state index contributed by atoms with van der Waals surface area (Å²) in [5.41, 5.74) is -0.675. The van der Waals surface area contributed by atoms with Crippen molar-refractivity contribution in [2.24, 2.45) is 0 Å². The molecular formula is C18H18F3N3O2S. The Morgan fingerprint density at radius 3 is 2.74 bits per heavy atom. The molecule has 0 radical (unpaired) electrons. The van der Waals surface area contributed by atoms with Gasteiger partial charge in [-0.25, -0.2) is 0 Å². The van der Waals surface area contributed by atoms with Gasteiger partial charge in [-0.05, 0) is 42.1 Å². The van der Waals surface area contributed by atoms with Crippen LogP contribution < -0.4 is 0 Å². The second-order valence-electron chi connectivity index (χ2n) is 7.05. The molecule has 144 valence electrons. The smallest absolute Gasteiger partial charge is 0.369 e. The predicted octanol–water partition coefficient (Wildman–Crippen LogP) is 4.08. The molecule has 0 unspecified atom stereocenters. The van der Waals surface area contributed by atoms with Gasteiger partial charge in [0.05, 0.1) is 30.5 Å². The highest BCUT2D eigenvalue weighted by Gasteiger charge is 2.47. The number of ether oxygens (including phenoxy) is 1. The Kier molecular flexibility index (Phi) is 4.67. The number of alkyl halides is 3. The molecular weight excluding hydrogens is 379 g/mol. The maximum atomic E-state index is 13.0. The molecule has 0 bridgehead atoms. The van der Waals surface area contributed by atoms with E-state index in [4.69, 9.17) is 4.74 Å². The maximum absolute atomic E-state index is 13.0. The molecule has 2 aliphatic rings. The monoisotopic (exact) mass is 397 g/mol. The number of morpholine rings is 1. The minimum atomic E-state index is -4.42. The largest absolute Gasteiger partial charge is 0.416 e. The van der Waals surface area contributed by atoms with E-state index in [2.05, 4.69) is 9.59 Å². The molecule has 1 saturated carbocycles. The van der Waals surface area contributed by atoms with E-state index in [1.54, 1.807) is 11.0 Å². The van der Waals surface area contributed by atoms with Gasteiger partial charge >= 0.3 is 6.18 Å². The minimum Gasteiger partial charge on any atom is -0.369 e. The summed E-state index contributed by atoms with van der Waals surface area (Å²) >= 11 is 1.03. The summed E-state index contributed by atoms with van der Waals surface area (Å²) in [7, 11) is 0. The Morgan fingerprint density at radius 2 is 2.07 bits per heavy atom. The van der Waals surface area contributed by atoms with Crippen LogP contribution in [0.5, 0.6) is 0 Å². The van der Waals surface area contributed by atoms with Crippen LogP contribution in [0.3, 0.4) is 0 Å². The van der Waals surface area contributed by atoms with Crippen molar-refractivity contribution in [3.05, 3.63) is 46.5 Å². The number of rotatable bonds is 2. The molecule has 1 atom stereocenters. The standard InChI is InChI=1S/C18H18F3N3O2S/c19-18(20,21)13-5-3-4-12(8-13)14-10-24(16(25)15-9-22-23-27-15)17(11-26-14)6-1-2-7-17/h3-5,8-9,14H,1-2,6-7,10-11H2/t14-/m0/s1. The van der Waals surface area contributed by atoms with Gasteiger partial charge in [-0.1, -0.05) is 29.5 Å². The van der Waals surface area contributed by atoms with E-state index < -0.39 is 17.8 Å². The predicted molar refractivity (Wildman–Crippen MR) is 92.3 cm³/mol. The molecule has 1 aromatic heterocycles. The fourth-order valence-corrected chi connectivity index (χ4v) is 4.47. The van der Waals surface area contributed by atoms with Crippen molar-refractivity contribution in [1.82, 2.24) is 14.5 Å². The summed E-state index contributed by atoms with van der Waals surface area (Å²) < 4.78 is 48.9. The summed E-state index contributed by atoms with van der Waals surface area (Å²) in [5.74, 6) is -0.174. The topological polar surface area (TPSA) is 55.3 Å². The molecule has 1 aliphatic carbocycles. The molecule has 2 aromatic rings. The van der Waals surface area contributed by atoms with Gasteiger partial charge in [0.1, 0.15) is 11.0 Å². The molecule has 9 heteroatoms. The van der Waals surface area contributed by atoms with Crippen molar-refractivity contribution in [3.8, 4) is 0 Å². The van der Waals surface area contributed by atoms with Crippen molar-refractivity contribution in [3.63, 3.8) is 0 Å². The first-order chi connectivity index (χ1) is 12.9. The van der Waals surface area contributed by atoms with Crippen LogP contribution in [0.2, 0.25) is 0 Å². The fourth-order valence-electron chi connectivity index (χ4n) is 4.00. The Labute approximate surface area is 158 Å². The van der Waals surface area contributed by atoms with Crippen molar-refractivity contribution in [2.75, 3.05) is 13.2 Å². The number of benzene rings is 1. The first-order valence-electron chi connectivity index (χ1n) is 8.77. The highest BCUT2D eigenvalue weighted by atomic mass is 32.1. The van der Waals surface area contributed by atoms with Crippen LogP contribution >= 0.6 is 11.5 Å². The van der Waals surface area contributed by atoms with Gasteiger partial charge in [0, 0.05) is 0 Å². The van der Waals surface area contributed by atoms with Gasteiger partial charge < -0.3 is 9.64 Å². The average molecular weight is 397 g/mol. The lowest BCUT2D eigenvalue weighted by atomic mass is 9.91. The van der Waals surface area contributed by atoms with Gasteiger partial charge in [-0.15, -0.1) is 5.10 Å². The van der Waals surface area contributed by atoms with E-state index in [0.717, 1.165) is 49.3 Å². The minimum absolute atomic E-state index is 0.174. The summed E-state index contributed by atoms with van der Waals surface area (Å²) in [4.78, 5) is 15.3. The van der Waals surface area contributed by atoms with E-state index in [-0.39, 0.29) is 18.0 Å². The lowest BCUT2D eigenvalue weighted by Crippen LogP contribution is -2.58. The third kappa shape index (κ3) is 3.45. The Balaban J connectivity index is 1.63. The van der Waals surface area contributed by atoms with Gasteiger partial charge in [0.15, 0.2) is 0 Å². The third-order valence-corrected chi connectivity index (χ3v) is 6.06. The quantitative estimate of drug-likeness (QED) is 0.766. The highest BCUT2D eigenvalue weighted by Crippen LogP contribution is 2.42. The zero-order valence-corrected chi connectivity index (χ0v) is 15.2. The Morgan fingerprint density at radius 1 is 1.30 bits per heavy atom. The van der Waals surface area contributed by atoms with Gasteiger partial charge in [0.2, 0.25) is 0 Å². The van der Waals surface area contributed by atoms with Gasteiger partial charge in [-0.2, -0.15) is 13.2 Å². The molecule has 4 rings (SSSR count). The molecule has 2 heterocycles. The number of carbonyl (C=O) groups excluding carboxylic acids is 1. The summed E-state index contributed by atoms with van der Waals surface area (Å²) in [6, 6.07) is 5.13. The molecule has 1 spiro atoms. The van der Waals surface area contributed by atoms with Crippen molar-refractivity contribution in [2.45, 2.75) is 43.5 Å².